The van der Waals surface area contributed by atoms with E-state index in [2.05, 4.69) is 15.5 Å². The molecule has 4 rings (SSSR count). The molecule has 4 aromatic rings. The van der Waals surface area contributed by atoms with E-state index in [1.807, 2.05) is 6.07 Å². The minimum Gasteiger partial charge on any atom is -0.469 e. The number of carbonyl (C=O) groups excluding carboxylic acids is 2. The van der Waals surface area contributed by atoms with Crippen LogP contribution in [0.1, 0.15) is 21.7 Å². The molecule has 0 aliphatic heterocycles. The van der Waals surface area contributed by atoms with E-state index in [0.29, 0.717) is 34.0 Å². The summed E-state index contributed by atoms with van der Waals surface area (Å²) in [6.45, 7) is 1.80. The van der Waals surface area contributed by atoms with Crippen LogP contribution in [0.5, 0.6) is 0 Å². The van der Waals surface area contributed by atoms with Crippen molar-refractivity contribution in [1.82, 2.24) is 10.2 Å². The molecule has 8 heteroatoms. The Labute approximate surface area is 176 Å². The smallest absolute Gasteiger partial charge is 0.277 e. The van der Waals surface area contributed by atoms with Crippen LogP contribution in [-0.4, -0.2) is 27.6 Å². The topological polar surface area (TPSA) is 98.2 Å². The molecule has 0 radical (unpaired) electrons. The van der Waals surface area contributed by atoms with E-state index in [9.17, 15) is 9.59 Å². The van der Waals surface area contributed by atoms with Crippen LogP contribution >= 0.6 is 11.8 Å². The molecule has 30 heavy (non-hydrogen) atoms. The van der Waals surface area contributed by atoms with Gasteiger partial charge in [-0.1, -0.05) is 54.2 Å². The highest BCUT2D eigenvalue weighted by atomic mass is 32.2. The van der Waals surface area contributed by atoms with Gasteiger partial charge in [0.1, 0.15) is 5.76 Å². The lowest BCUT2D eigenvalue weighted by Gasteiger charge is -2.10. The largest absolute Gasteiger partial charge is 0.469 e. The van der Waals surface area contributed by atoms with Crippen LogP contribution < -0.4 is 5.32 Å². The van der Waals surface area contributed by atoms with Gasteiger partial charge >= 0.3 is 0 Å². The summed E-state index contributed by atoms with van der Waals surface area (Å²) in [6.07, 6.45) is 1.54. The highest BCUT2D eigenvalue weighted by molar-refractivity contribution is 7.99. The van der Waals surface area contributed by atoms with Crippen LogP contribution in [0.15, 0.2) is 81.0 Å². The van der Waals surface area contributed by atoms with Gasteiger partial charge < -0.3 is 14.2 Å². The lowest BCUT2D eigenvalue weighted by Crippen LogP contribution is -2.17. The van der Waals surface area contributed by atoms with Crippen LogP contribution in [-0.2, 0) is 4.79 Å². The van der Waals surface area contributed by atoms with Gasteiger partial charge in [0.2, 0.25) is 5.91 Å². The molecule has 2 heterocycles. The van der Waals surface area contributed by atoms with Crippen LogP contribution in [0.25, 0.3) is 11.5 Å². The average molecular weight is 419 g/mol. The molecule has 0 saturated carbocycles. The first-order valence-electron chi connectivity index (χ1n) is 9.11. The standard InChI is InChI=1S/C22H17N3O4S/c1-14-16(11-12-28-14)21-24-25-22(29-21)30-13-19(26)23-18-10-6-5-9-17(18)20(27)15-7-3-2-4-8-15/h2-12H,13H2,1H3,(H,23,26). The maximum atomic E-state index is 12.8. The lowest BCUT2D eigenvalue weighted by molar-refractivity contribution is -0.113. The lowest BCUT2D eigenvalue weighted by atomic mass is 10.0. The minimum absolute atomic E-state index is 0.0554. The molecule has 0 saturated heterocycles. The van der Waals surface area contributed by atoms with Crippen LogP contribution in [0.3, 0.4) is 0 Å². The third-order valence-corrected chi connectivity index (χ3v) is 5.12. The Morgan fingerprint density at radius 1 is 1.00 bits per heavy atom. The number of thioether (sulfide) groups is 1. The molecule has 150 valence electrons. The van der Waals surface area contributed by atoms with Gasteiger partial charge in [0.05, 0.1) is 23.3 Å². The predicted octanol–water partition coefficient (Wildman–Crippen LogP) is 4.60. The Morgan fingerprint density at radius 3 is 2.53 bits per heavy atom. The molecular formula is C22H17N3O4S. The average Bonchev–Trinajstić information content (AvgIpc) is 3.41. The molecule has 1 amide bonds. The van der Waals surface area contributed by atoms with Crippen molar-refractivity contribution in [2.75, 3.05) is 11.1 Å². The van der Waals surface area contributed by atoms with Crippen molar-refractivity contribution in [3.8, 4) is 11.5 Å². The van der Waals surface area contributed by atoms with Crippen molar-refractivity contribution in [2.24, 2.45) is 0 Å². The number of carbonyl (C=O) groups is 2. The molecule has 0 aliphatic carbocycles. The number of rotatable bonds is 7. The summed E-state index contributed by atoms with van der Waals surface area (Å²) in [7, 11) is 0. The van der Waals surface area contributed by atoms with Crippen molar-refractivity contribution in [1.29, 1.82) is 0 Å². The van der Waals surface area contributed by atoms with Crippen molar-refractivity contribution < 1.29 is 18.4 Å². The first-order valence-corrected chi connectivity index (χ1v) is 10.1. The summed E-state index contributed by atoms with van der Waals surface area (Å²) in [6, 6.07) is 17.6. The second-order valence-corrected chi connectivity index (χ2v) is 7.27. The zero-order valence-corrected chi connectivity index (χ0v) is 16.8. The molecule has 0 bridgehead atoms. The fourth-order valence-electron chi connectivity index (χ4n) is 2.83. The van der Waals surface area contributed by atoms with Crippen LogP contribution in [0, 0.1) is 6.92 Å². The van der Waals surface area contributed by atoms with Crippen molar-refractivity contribution >= 4 is 29.1 Å². The Bertz CT molecular complexity index is 1180. The van der Waals surface area contributed by atoms with E-state index < -0.39 is 0 Å². The number of hydrogen-bond donors (Lipinski definition) is 1. The van der Waals surface area contributed by atoms with E-state index in [1.165, 1.54) is 0 Å². The number of benzene rings is 2. The Balaban J connectivity index is 1.41. The SMILES string of the molecule is Cc1occc1-c1nnc(SCC(=O)Nc2ccccc2C(=O)c2ccccc2)o1. The van der Waals surface area contributed by atoms with Gasteiger partial charge in [0.25, 0.3) is 11.1 Å². The van der Waals surface area contributed by atoms with Crippen molar-refractivity contribution in [2.45, 2.75) is 12.1 Å². The summed E-state index contributed by atoms with van der Waals surface area (Å²) in [5, 5.41) is 11.0. The zero-order valence-electron chi connectivity index (χ0n) is 16.0. The number of nitrogens with one attached hydrogen (secondary N) is 1. The minimum atomic E-state index is -0.285. The highest BCUT2D eigenvalue weighted by Gasteiger charge is 2.17. The molecule has 0 aliphatic rings. The van der Waals surface area contributed by atoms with Gasteiger partial charge in [-0.2, -0.15) is 0 Å². The third-order valence-electron chi connectivity index (χ3n) is 4.30. The number of hydrogen-bond acceptors (Lipinski definition) is 7. The van der Waals surface area contributed by atoms with Gasteiger partial charge in [0.15, 0.2) is 5.78 Å². The maximum Gasteiger partial charge on any atom is 0.277 e. The fourth-order valence-corrected chi connectivity index (χ4v) is 3.40. The third kappa shape index (κ3) is 4.33. The summed E-state index contributed by atoms with van der Waals surface area (Å²) in [4.78, 5) is 25.2. The summed E-state index contributed by atoms with van der Waals surface area (Å²) >= 11 is 1.11. The highest BCUT2D eigenvalue weighted by Crippen LogP contribution is 2.26. The van der Waals surface area contributed by atoms with Gasteiger partial charge in [-0.3, -0.25) is 9.59 Å². The number of aromatic nitrogens is 2. The Kier molecular flexibility index (Phi) is 5.76. The molecule has 0 fully saturated rings. The van der Waals surface area contributed by atoms with Crippen LogP contribution in [0.4, 0.5) is 5.69 Å². The molecule has 1 N–H and O–H groups in total. The second-order valence-electron chi connectivity index (χ2n) is 6.34. The number of ketones is 1. The zero-order chi connectivity index (χ0) is 20.9. The van der Waals surface area contributed by atoms with Gasteiger partial charge in [-0.25, -0.2) is 0 Å². The number of nitrogens with zero attached hydrogens (tertiary/aromatic N) is 2. The van der Waals surface area contributed by atoms with Crippen molar-refractivity contribution in [3.63, 3.8) is 0 Å². The van der Waals surface area contributed by atoms with E-state index in [1.54, 1.807) is 67.8 Å². The van der Waals surface area contributed by atoms with Gasteiger partial charge in [-0.05, 0) is 25.1 Å². The van der Waals surface area contributed by atoms with Gasteiger partial charge in [-0.15, -0.1) is 10.2 Å². The second kappa shape index (κ2) is 8.79. The quantitative estimate of drug-likeness (QED) is 0.345. The van der Waals surface area contributed by atoms with E-state index >= 15 is 0 Å². The summed E-state index contributed by atoms with van der Waals surface area (Å²) in [5.41, 5.74) is 2.16. The Morgan fingerprint density at radius 2 is 1.77 bits per heavy atom. The van der Waals surface area contributed by atoms with Crippen molar-refractivity contribution in [3.05, 3.63) is 83.8 Å². The molecule has 2 aromatic heterocycles. The number of furan rings is 1. The number of aryl methyl sites for hydroxylation is 1. The summed E-state index contributed by atoms with van der Waals surface area (Å²) in [5.74, 6) is 0.624. The predicted molar refractivity (Wildman–Crippen MR) is 112 cm³/mol. The van der Waals surface area contributed by atoms with Crippen LogP contribution in [0.2, 0.25) is 0 Å². The molecule has 2 aromatic carbocycles. The van der Waals surface area contributed by atoms with E-state index in [4.69, 9.17) is 8.83 Å². The number of amides is 1. The molecule has 0 spiro atoms. The summed E-state index contributed by atoms with van der Waals surface area (Å²) < 4.78 is 10.8. The monoisotopic (exact) mass is 419 g/mol. The normalized spacial score (nSPS) is 10.7. The number of para-hydroxylation sites is 1. The molecule has 0 unspecified atom stereocenters. The Hall–Kier alpha value is -3.65. The number of anilines is 1. The molecule has 0 atom stereocenters. The molecule has 7 nitrogen and oxygen atoms in total. The molecular weight excluding hydrogens is 402 g/mol. The maximum absolute atomic E-state index is 12.8. The van der Waals surface area contributed by atoms with Gasteiger partial charge in [0, 0.05) is 11.1 Å². The first-order chi connectivity index (χ1) is 14.6. The first kappa shape index (κ1) is 19.7. The van der Waals surface area contributed by atoms with E-state index in [-0.39, 0.29) is 22.7 Å². The van der Waals surface area contributed by atoms with E-state index in [0.717, 1.165) is 11.8 Å². The fraction of sp³-hybridized carbons (Fsp3) is 0.0909.